The van der Waals surface area contributed by atoms with Crippen LogP contribution in [0.2, 0.25) is 0 Å². The normalized spacial score (nSPS) is 25.6. The van der Waals surface area contributed by atoms with Crippen molar-refractivity contribution < 1.29 is 11.0 Å². The largest absolute Gasteiger partial charge is 0.412 e. The molecule has 2 heteroatoms. The van der Waals surface area contributed by atoms with E-state index in [0.717, 1.165) is 23.7 Å². The second-order valence-corrected chi connectivity index (χ2v) is 6.35. The summed E-state index contributed by atoms with van der Waals surface area (Å²) in [7, 11) is 0. The van der Waals surface area contributed by atoms with Crippen molar-refractivity contribution in [2.24, 2.45) is 23.7 Å². The lowest BCUT2D eigenvalue weighted by Gasteiger charge is -2.24. The summed E-state index contributed by atoms with van der Waals surface area (Å²) < 4.78 is 0. The third-order valence-electron chi connectivity index (χ3n) is 3.97. The predicted molar refractivity (Wildman–Crippen MR) is 80.7 cm³/mol. The Balaban J connectivity index is 0. The summed E-state index contributed by atoms with van der Waals surface area (Å²) in [6.45, 7) is 9.40. The van der Waals surface area contributed by atoms with E-state index in [1.807, 2.05) is 0 Å². The molecule has 110 valence electrons. The van der Waals surface area contributed by atoms with Gasteiger partial charge in [0, 0.05) is 0 Å². The molecule has 0 aromatic carbocycles. The van der Waals surface area contributed by atoms with Crippen LogP contribution in [0, 0.1) is 23.7 Å². The number of hydrogen-bond acceptors (Lipinski definition) is 0. The molecule has 1 aliphatic carbocycles. The maximum atomic E-state index is 2.51. The second-order valence-electron chi connectivity index (χ2n) is 6.35. The highest BCUT2D eigenvalue weighted by molar-refractivity contribution is 4.93. The zero-order valence-corrected chi connectivity index (χ0v) is 12.7. The van der Waals surface area contributed by atoms with Gasteiger partial charge >= 0.3 is 0 Å². The predicted octanol–water partition coefficient (Wildman–Crippen LogP) is 3.79. The monoisotopic (exact) mass is 258 g/mol. The number of hydrogen-bond donors (Lipinski definition) is 0. The molecule has 2 nitrogen and oxygen atoms in total. The highest BCUT2D eigenvalue weighted by atomic mass is 16.0. The Morgan fingerprint density at radius 1 is 0.944 bits per heavy atom. The zero-order chi connectivity index (χ0) is 12.0. The molecule has 0 heterocycles. The van der Waals surface area contributed by atoms with E-state index in [0.29, 0.717) is 0 Å². The van der Waals surface area contributed by atoms with Gasteiger partial charge in [0.1, 0.15) is 0 Å². The summed E-state index contributed by atoms with van der Waals surface area (Å²) in [6.07, 6.45) is 13.4. The van der Waals surface area contributed by atoms with Crippen molar-refractivity contribution in [2.45, 2.75) is 66.2 Å². The van der Waals surface area contributed by atoms with Crippen molar-refractivity contribution in [1.29, 1.82) is 0 Å². The average Bonchev–Trinajstić information content (AvgIpc) is 2.25. The fraction of sp³-hybridized carbons (Fsp3) is 0.875. The van der Waals surface area contributed by atoms with Gasteiger partial charge in [-0.05, 0) is 42.9 Å². The summed E-state index contributed by atoms with van der Waals surface area (Å²) >= 11 is 0. The molecule has 1 atom stereocenters. The molecule has 0 saturated heterocycles. The molecule has 1 saturated carbocycles. The van der Waals surface area contributed by atoms with E-state index in [-0.39, 0.29) is 11.0 Å². The van der Waals surface area contributed by atoms with Crippen molar-refractivity contribution in [3.63, 3.8) is 0 Å². The van der Waals surface area contributed by atoms with Crippen LogP contribution in [-0.2, 0) is 0 Å². The topological polar surface area (TPSA) is 63.0 Å². The van der Waals surface area contributed by atoms with Gasteiger partial charge < -0.3 is 11.0 Å². The lowest BCUT2D eigenvalue weighted by atomic mass is 9.82. The highest BCUT2D eigenvalue weighted by Gasteiger charge is 2.15. The first kappa shape index (κ1) is 20.0. The Hall–Kier alpha value is -0.340. The smallest absolute Gasteiger partial charge is 0.0233 e. The molecule has 0 aromatic heterocycles. The van der Waals surface area contributed by atoms with Gasteiger partial charge in [0.05, 0.1) is 0 Å². The molecular weight excluding hydrogens is 224 g/mol. The average molecular weight is 258 g/mol. The molecule has 1 unspecified atom stereocenters. The van der Waals surface area contributed by atoms with Crippen LogP contribution < -0.4 is 0 Å². The molecule has 0 aromatic rings. The molecule has 0 radical (unpaired) electrons. The third-order valence-corrected chi connectivity index (χ3v) is 3.97. The summed E-state index contributed by atoms with van der Waals surface area (Å²) in [5, 5.41) is 0. The van der Waals surface area contributed by atoms with Crippen LogP contribution in [0.1, 0.15) is 66.2 Å². The third kappa shape index (κ3) is 8.71. The van der Waals surface area contributed by atoms with Gasteiger partial charge in [-0.25, -0.2) is 0 Å². The van der Waals surface area contributed by atoms with Gasteiger partial charge in [0.25, 0.3) is 0 Å². The van der Waals surface area contributed by atoms with E-state index < -0.39 is 0 Å². The Kier molecular flexibility index (Phi) is 11.7. The summed E-state index contributed by atoms with van der Waals surface area (Å²) in [5.74, 6) is 3.49. The number of allylic oxidation sites excluding steroid dienone is 2. The van der Waals surface area contributed by atoms with Gasteiger partial charge in [0.2, 0.25) is 0 Å². The lowest BCUT2D eigenvalue weighted by Crippen LogP contribution is -2.10. The Bertz CT molecular complexity index is 203. The van der Waals surface area contributed by atoms with Crippen molar-refractivity contribution in [3.8, 4) is 0 Å². The van der Waals surface area contributed by atoms with Crippen LogP contribution in [0.5, 0.6) is 0 Å². The highest BCUT2D eigenvalue weighted by Crippen LogP contribution is 2.29. The first-order valence-corrected chi connectivity index (χ1v) is 7.26. The Morgan fingerprint density at radius 3 is 2.00 bits per heavy atom. The minimum absolute atomic E-state index is 0. The quantitative estimate of drug-likeness (QED) is 0.674. The van der Waals surface area contributed by atoms with Gasteiger partial charge in [-0.1, -0.05) is 59.1 Å². The van der Waals surface area contributed by atoms with Crippen LogP contribution in [0.25, 0.3) is 0 Å². The molecule has 1 fully saturated rings. The van der Waals surface area contributed by atoms with Crippen LogP contribution in [-0.4, -0.2) is 11.0 Å². The molecule has 1 aliphatic rings. The molecular formula is C16H34O2. The summed E-state index contributed by atoms with van der Waals surface area (Å²) in [6, 6.07) is 0. The van der Waals surface area contributed by atoms with Crippen molar-refractivity contribution in [1.82, 2.24) is 0 Å². The van der Waals surface area contributed by atoms with E-state index in [2.05, 4.69) is 39.8 Å². The maximum absolute atomic E-state index is 2.51. The molecule has 0 amide bonds. The molecule has 18 heavy (non-hydrogen) atoms. The molecule has 0 aliphatic heterocycles. The van der Waals surface area contributed by atoms with Gasteiger partial charge in [-0.3, -0.25) is 0 Å². The molecule has 4 N–H and O–H groups in total. The van der Waals surface area contributed by atoms with E-state index >= 15 is 0 Å². The molecule has 1 rings (SSSR count). The number of rotatable bonds is 5. The van der Waals surface area contributed by atoms with Crippen LogP contribution >= 0.6 is 0 Å². The van der Waals surface area contributed by atoms with Crippen LogP contribution in [0.15, 0.2) is 12.2 Å². The minimum atomic E-state index is 0. The zero-order valence-electron chi connectivity index (χ0n) is 12.7. The van der Waals surface area contributed by atoms with Crippen molar-refractivity contribution in [3.05, 3.63) is 12.2 Å². The Morgan fingerprint density at radius 2 is 1.50 bits per heavy atom. The Labute approximate surface area is 113 Å². The molecule has 0 bridgehead atoms. The van der Waals surface area contributed by atoms with Gasteiger partial charge in [0.15, 0.2) is 0 Å². The fourth-order valence-electron chi connectivity index (χ4n) is 2.52. The van der Waals surface area contributed by atoms with E-state index in [9.17, 15) is 0 Å². The second kappa shape index (κ2) is 10.6. The first-order valence-electron chi connectivity index (χ1n) is 7.26. The van der Waals surface area contributed by atoms with E-state index in [1.165, 1.54) is 38.5 Å². The summed E-state index contributed by atoms with van der Waals surface area (Å²) in [5.41, 5.74) is 0. The standard InChI is InChI=1S/C16H30.2H2O/c1-13(2)5-6-14(3)7-10-16-11-8-15(4)9-12-16;;/h7,10,13-16H,5-6,8-9,11-12H2,1-4H3;2*1H2/b10-7+;;. The first-order chi connectivity index (χ1) is 7.58. The van der Waals surface area contributed by atoms with E-state index in [1.54, 1.807) is 0 Å². The van der Waals surface area contributed by atoms with Crippen LogP contribution in [0.4, 0.5) is 0 Å². The fourth-order valence-corrected chi connectivity index (χ4v) is 2.52. The minimum Gasteiger partial charge on any atom is -0.412 e. The SMILES string of the molecule is CC(C)CCC(C)/C=C/C1CCC(C)CC1.O.O. The van der Waals surface area contributed by atoms with Crippen molar-refractivity contribution in [2.75, 3.05) is 0 Å². The van der Waals surface area contributed by atoms with Crippen LogP contribution in [0.3, 0.4) is 0 Å². The van der Waals surface area contributed by atoms with E-state index in [4.69, 9.17) is 0 Å². The van der Waals surface area contributed by atoms with Crippen molar-refractivity contribution >= 4 is 0 Å². The summed E-state index contributed by atoms with van der Waals surface area (Å²) in [4.78, 5) is 0. The lowest BCUT2D eigenvalue weighted by molar-refractivity contribution is 0.329. The maximum Gasteiger partial charge on any atom is -0.0233 e. The van der Waals surface area contributed by atoms with Gasteiger partial charge in [-0.2, -0.15) is 0 Å². The van der Waals surface area contributed by atoms with Gasteiger partial charge in [-0.15, -0.1) is 0 Å². The molecule has 0 spiro atoms.